The lowest BCUT2D eigenvalue weighted by atomic mass is 10.0. The normalized spacial score (nSPS) is 12.3. The lowest BCUT2D eigenvalue weighted by Crippen LogP contribution is -2.48. The van der Waals surface area contributed by atoms with E-state index >= 15 is 0 Å². The average molecular weight is 303 g/mol. The molecule has 0 fully saturated rings. The number of halogens is 2. The molecule has 0 heterocycles. The smallest absolute Gasteiger partial charge is 0.253 e. The van der Waals surface area contributed by atoms with Crippen LogP contribution in [-0.2, 0) is 4.79 Å². The zero-order valence-electron chi connectivity index (χ0n) is 10.6. The molecule has 6 heteroatoms. The molecular weight excluding hydrogens is 289 g/mol. The van der Waals surface area contributed by atoms with Gasteiger partial charge in [-0.05, 0) is 30.5 Å². The molecule has 4 nitrogen and oxygen atoms in total. The molecule has 1 amide bonds. The topological polar surface area (TPSA) is 69.2 Å². The molecule has 1 atom stereocenters. The molecule has 0 aliphatic heterocycles. The number of carbonyl (C=O) groups is 2. The van der Waals surface area contributed by atoms with Crippen LogP contribution in [0.3, 0.4) is 0 Å². The van der Waals surface area contributed by atoms with E-state index in [0.717, 1.165) is 0 Å². The molecule has 0 aliphatic rings. The Morgan fingerprint density at radius 2 is 1.95 bits per heavy atom. The van der Waals surface area contributed by atoms with Gasteiger partial charge in [-0.25, -0.2) is 0 Å². The van der Waals surface area contributed by atoms with Crippen LogP contribution in [0.2, 0.25) is 10.0 Å². The van der Waals surface area contributed by atoms with Gasteiger partial charge in [0.05, 0.1) is 22.6 Å². The van der Waals surface area contributed by atoms with E-state index in [1.54, 1.807) is 0 Å². The summed E-state index contributed by atoms with van der Waals surface area (Å²) in [6.07, 6.45) is 0.291. The Labute approximate surface area is 121 Å². The van der Waals surface area contributed by atoms with Gasteiger partial charge in [-0.15, -0.1) is 0 Å². The number of rotatable bonds is 5. The molecule has 0 aliphatic carbocycles. The molecule has 0 radical (unpaired) electrons. The summed E-state index contributed by atoms with van der Waals surface area (Å²) in [5.41, 5.74) is 0.182. The zero-order chi connectivity index (χ0) is 14.6. The monoisotopic (exact) mass is 302 g/mol. The number of hydrogen-bond acceptors (Lipinski definition) is 3. The summed E-state index contributed by atoms with van der Waals surface area (Å²) in [5.74, 6) is -1.76. The van der Waals surface area contributed by atoms with Crippen LogP contribution >= 0.6 is 23.2 Å². The highest BCUT2D eigenvalue weighted by atomic mass is 35.5. The van der Waals surface area contributed by atoms with Crippen molar-refractivity contribution in [3.8, 4) is 0 Å². The predicted octanol–water partition coefficient (Wildman–Crippen LogP) is 1.89. The van der Waals surface area contributed by atoms with Gasteiger partial charge < -0.3 is 15.2 Å². The lowest BCUT2D eigenvalue weighted by Gasteiger charge is -2.21. The third kappa shape index (κ3) is 4.73. The fourth-order valence-corrected chi connectivity index (χ4v) is 2.09. The number of carbonyl (C=O) groups excluding carboxylic acids is 2. The van der Waals surface area contributed by atoms with E-state index in [9.17, 15) is 14.7 Å². The third-order valence-electron chi connectivity index (χ3n) is 2.47. The van der Waals surface area contributed by atoms with Crippen molar-refractivity contribution in [1.82, 2.24) is 5.32 Å². The summed E-state index contributed by atoms with van der Waals surface area (Å²) < 4.78 is 0. The second-order valence-electron chi connectivity index (χ2n) is 4.60. The maximum Gasteiger partial charge on any atom is 0.253 e. The van der Waals surface area contributed by atoms with Crippen molar-refractivity contribution in [3.05, 3.63) is 33.8 Å². The first kappa shape index (κ1) is 15.8. The van der Waals surface area contributed by atoms with Crippen LogP contribution in [0, 0.1) is 5.92 Å². The first-order valence-electron chi connectivity index (χ1n) is 5.78. The van der Waals surface area contributed by atoms with E-state index in [1.165, 1.54) is 18.2 Å². The summed E-state index contributed by atoms with van der Waals surface area (Å²) in [5, 5.41) is 13.9. The Kier molecular flexibility index (Phi) is 5.63. The molecular formula is C13H14Cl2NO3-. The molecule has 0 saturated heterocycles. The molecule has 0 aromatic heterocycles. The second-order valence-corrected chi connectivity index (χ2v) is 5.44. The van der Waals surface area contributed by atoms with Crippen LogP contribution in [0.5, 0.6) is 0 Å². The Balaban J connectivity index is 2.84. The summed E-state index contributed by atoms with van der Waals surface area (Å²) in [6.45, 7) is 3.72. The largest absolute Gasteiger partial charge is 0.548 e. The highest BCUT2D eigenvalue weighted by molar-refractivity contribution is 6.36. The minimum absolute atomic E-state index is 0.115. The van der Waals surface area contributed by atoms with Gasteiger partial charge in [0.2, 0.25) is 0 Å². The minimum Gasteiger partial charge on any atom is -0.548 e. The Morgan fingerprint density at radius 1 is 1.32 bits per heavy atom. The lowest BCUT2D eigenvalue weighted by molar-refractivity contribution is -0.308. The number of aliphatic carboxylic acids is 1. The van der Waals surface area contributed by atoms with Gasteiger partial charge in [-0.1, -0.05) is 37.0 Å². The quantitative estimate of drug-likeness (QED) is 0.903. The molecule has 1 N–H and O–H groups in total. The molecule has 0 spiro atoms. The van der Waals surface area contributed by atoms with Gasteiger partial charge >= 0.3 is 0 Å². The predicted molar refractivity (Wildman–Crippen MR) is 72.2 cm³/mol. The highest BCUT2D eigenvalue weighted by Gasteiger charge is 2.18. The number of benzene rings is 1. The van der Waals surface area contributed by atoms with E-state index in [-0.39, 0.29) is 16.5 Å². The Hall–Kier alpha value is -1.26. The highest BCUT2D eigenvalue weighted by Crippen LogP contribution is 2.21. The van der Waals surface area contributed by atoms with E-state index in [0.29, 0.717) is 11.4 Å². The van der Waals surface area contributed by atoms with Crippen molar-refractivity contribution < 1.29 is 14.7 Å². The molecule has 0 bridgehead atoms. The SMILES string of the molecule is CC(C)C[C@H](NC(=O)c1ccc(Cl)cc1Cl)C(=O)[O-]. The molecule has 0 unspecified atom stereocenters. The van der Waals surface area contributed by atoms with Crippen LogP contribution in [0.4, 0.5) is 0 Å². The fraction of sp³-hybridized carbons (Fsp3) is 0.385. The number of carboxylic acids is 1. The molecule has 1 aromatic carbocycles. The van der Waals surface area contributed by atoms with Gasteiger partial charge in [0.25, 0.3) is 5.91 Å². The van der Waals surface area contributed by atoms with Crippen LogP contribution in [0.25, 0.3) is 0 Å². The summed E-state index contributed by atoms with van der Waals surface area (Å²) in [6, 6.07) is 3.34. The maximum absolute atomic E-state index is 11.9. The van der Waals surface area contributed by atoms with E-state index in [4.69, 9.17) is 23.2 Å². The molecule has 104 valence electrons. The molecule has 19 heavy (non-hydrogen) atoms. The Bertz CT molecular complexity index is 489. The van der Waals surface area contributed by atoms with Gasteiger partial charge in [0.15, 0.2) is 0 Å². The number of amides is 1. The average Bonchev–Trinajstić information content (AvgIpc) is 2.26. The van der Waals surface area contributed by atoms with Crippen LogP contribution in [0.15, 0.2) is 18.2 Å². The van der Waals surface area contributed by atoms with Crippen molar-refractivity contribution in [1.29, 1.82) is 0 Å². The Morgan fingerprint density at radius 3 is 2.42 bits per heavy atom. The van der Waals surface area contributed by atoms with Crippen molar-refractivity contribution in [3.63, 3.8) is 0 Å². The summed E-state index contributed by atoms with van der Waals surface area (Å²) >= 11 is 11.6. The number of nitrogens with one attached hydrogen (secondary N) is 1. The first-order chi connectivity index (χ1) is 8.81. The fourth-order valence-electron chi connectivity index (χ4n) is 1.60. The van der Waals surface area contributed by atoms with Gasteiger partial charge in [0, 0.05) is 5.02 Å². The van der Waals surface area contributed by atoms with Crippen molar-refractivity contribution in [2.75, 3.05) is 0 Å². The maximum atomic E-state index is 11.9. The van der Waals surface area contributed by atoms with Crippen molar-refractivity contribution >= 4 is 35.1 Å². The van der Waals surface area contributed by atoms with E-state index < -0.39 is 17.9 Å². The standard InChI is InChI=1S/C13H15Cl2NO3/c1-7(2)5-11(13(18)19)16-12(17)9-4-3-8(14)6-10(9)15/h3-4,6-7,11H,5H2,1-2H3,(H,16,17)(H,18,19)/p-1/t11-/m0/s1. The van der Waals surface area contributed by atoms with Crippen LogP contribution in [0.1, 0.15) is 30.6 Å². The third-order valence-corrected chi connectivity index (χ3v) is 3.02. The second kappa shape index (κ2) is 6.78. The zero-order valence-corrected chi connectivity index (χ0v) is 12.1. The van der Waals surface area contributed by atoms with Crippen molar-refractivity contribution in [2.24, 2.45) is 5.92 Å². The summed E-state index contributed by atoms with van der Waals surface area (Å²) in [7, 11) is 0. The molecule has 0 saturated carbocycles. The molecule has 1 rings (SSSR count). The minimum atomic E-state index is -1.31. The van der Waals surface area contributed by atoms with E-state index in [2.05, 4.69) is 5.32 Å². The van der Waals surface area contributed by atoms with Gasteiger partial charge in [-0.2, -0.15) is 0 Å². The van der Waals surface area contributed by atoms with Crippen LogP contribution in [-0.4, -0.2) is 17.9 Å². The van der Waals surface area contributed by atoms with E-state index in [1.807, 2.05) is 13.8 Å². The van der Waals surface area contributed by atoms with Crippen LogP contribution < -0.4 is 10.4 Å². The number of carboxylic acid groups (broad SMARTS) is 1. The van der Waals surface area contributed by atoms with Gasteiger partial charge in [-0.3, -0.25) is 4.79 Å². The van der Waals surface area contributed by atoms with Gasteiger partial charge in [0.1, 0.15) is 0 Å². The first-order valence-corrected chi connectivity index (χ1v) is 6.53. The summed E-state index contributed by atoms with van der Waals surface area (Å²) in [4.78, 5) is 22.9. The molecule has 1 aromatic rings. The van der Waals surface area contributed by atoms with Crippen molar-refractivity contribution in [2.45, 2.75) is 26.3 Å². The number of hydrogen-bond donors (Lipinski definition) is 1.